The second-order valence-corrected chi connectivity index (χ2v) is 7.95. The zero-order chi connectivity index (χ0) is 15.2. The number of aromatic nitrogens is 1. The first-order chi connectivity index (χ1) is 9.87. The molecule has 3 N–H and O–H groups in total. The van der Waals surface area contributed by atoms with E-state index in [1.807, 2.05) is 19.2 Å². The highest BCUT2D eigenvalue weighted by atomic mass is 32.2. The molecule has 0 amide bonds. The third-order valence-electron chi connectivity index (χ3n) is 3.73. The van der Waals surface area contributed by atoms with E-state index in [4.69, 9.17) is 5.73 Å². The topological polar surface area (TPSA) is 85.1 Å². The molecule has 0 radical (unpaired) electrons. The Morgan fingerprint density at radius 2 is 2.05 bits per heavy atom. The first-order valence-corrected chi connectivity index (χ1v) is 9.08. The number of hydrogen-bond donors (Lipinski definition) is 2. The fraction of sp³-hybridized carbons (Fsp3) is 0.357. The fourth-order valence-electron chi connectivity index (χ4n) is 2.08. The normalized spacial score (nSPS) is 15.1. The van der Waals surface area contributed by atoms with Crippen LogP contribution in [-0.4, -0.2) is 13.4 Å². The summed E-state index contributed by atoms with van der Waals surface area (Å²) in [5.41, 5.74) is 9.08. The van der Waals surface area contributed by atoms with Crippen LogP contribution in [0.2, 0.25) is 0 Å². The molecule has 0 unspecified atom stereocenters. The van der Waals surface area contributed by atoms with Gasteiger partial charge in [0.05, 0.1) is 10.6 Å². The number of rotatable bonds is 4. The standard InChI is InChI=1S/C14H17N3O2S2/c1-8-5-11(6-12(15)9(8)2)21(18,19)17-14-16-13(7-20-14)10-3-4-10/h5-7,10H,3-4,15H2,1-2H3,(H,16,17). The SMILES string of the molecule is Cc1cc(S(=O)(=O)Nc2nc(C3CC3)cs2)cc(N)c1C. The van der Waals surface area contributed by atoms with Gasteiger partial charge in [0.1, 0.15) is 0 Å². The van der Waals surface area contributed by atoms with Crippen molar-refractivity contribution in [1.29, 1.82) is 0 Å². The van der Waals surface area contributed by atoms with E-state index >= 15 is 0 Å². The van der Waals surface area contributed by atoms with Gasteiger partial charge in [-0.15, -0.1) is 11.3 Å². The van der Waals surface area contributed by atoms with Crippen molar-refractivity contribution >= 4 is 32.2 Å². The van der Waals surface area contributed by atoms with Crippen molar-refractivity contribution in [3.63, 3.8) is 0 Å². The van der Waals surface area contributed by atoms with Crippen LogP contribution in [0.5, 0.6) is 0 Å². The lowest BCUT2D eigenvalue weighted by molar-refractivity contribution is 0.601. The van der Waals surface area contributed by atoms with Gasteiger partial charge in [-0.3, -0.25) is 4.72 Å². The molecular weight excluding hydrogens is 306 g/mol. The Morgan fingerprint density at radius 3 is 2.67 bits per heavy atom. The largest absolute Gasteiger partial charge is 0.398 e. The lowest BCUT2D eigenvalue weighted by Crippen LogP contribution is -2.14. The van der Waals surface area contributed by atoms with Gasteiger partial charge in [-0.1, -0.05) is 0 Å². The molecule has 1 fully saturated rings. The number of benzene rings is 1. The van der Waals surface area contributed by atoms with Crippen molar-refractivity contribution in [1.82, 2.24) is 4.98 Å². The van der Waals surface area contributed by atoms with Gasteiger partial charge in [0.2, 0.25) is 0 Å². The molecule has 21 heavy (non-hydrogen) atoms. The number of thiazole rings is 1. The maximum absolute atomic E-state index is 12.4. The predicted octanol–water partition coefficient (Wildman–Crippen LogP) is 3.02. The molecule has 1 heterocycles. The summed E-state index contributed by atoms with van der Waals surface area (Å²) < 4.78 is 27.4. The van der Waals surface area contributed by atoms with Crippen molar-refractivity contribution < 1.29 is 8.42 Å². The Morgan fingerprint density at radius 1 is 1.33 bits per heavy atom. The lowest BCUT2D eigenvalue weighted by Gasteiger charge is -2.10. The van der Waals surface area contributed by atoms with Gasteiger partial charge in [-0.2, -0.15) is 0 Å². The Hall–Kier alpha value is -1.60. The number of nitrogen functional groups attached to an aromatic ring is 1. The highest BCUT2D eigenvalue weighted by Crippen LogP contribution is 2.41. The number of nitrogens with two attached hydrogens (primary N) is 1. The summed E-state index contributed by atoms with van der Waals surface area (Å²) in [5.74, 6) is 0.511. The molecule has 0 atom stereocenters. The van der Waals surface area contributed by atoms with Crippen molar-refractivity contribution in [3.8, 4) is 0 Å². The van der Waals surface area contributed by atoms with Gasteiger partial charge in [0.15, 0.2) is 5.13 Å². The molecule has 0 bridgehead atoms. The molecular formula is C14H17N3O2S2. The van der Waals surface area contributed by atoms with E-state index in [1.54, 1.807) is 6.07 Å². The maximum atomic E-state index is 12.4. The van der Waals surface area contributed by atoms with Crippen LogP contribution < -0.4 is 10.5 Å². The number of nitrogens with one attached hydrogen (secondary N) is 1. The number of nitrogens with zero attached hydrogens (tertiary/aromatic N) is 1. The van der Waals surface area contributed by atoms with Crippen LogP contribution in [0.1, 0.15) is 35.6 Å². The van der Waals surface area contributed by atoms with Gasteiger partial charge in [-0.05, 0) is 49.9 Å². The minimum absolute atomic E-state index is 0.172. The van der Waals surface area contributed by atoms with Gasteiger partial charge < -0.3 is 5.73 Å². The highest BCUT2D eigenvalue weighted by Gasteiger charge is 2.27. The number of hydrogen-bond acceptors (Lipinski definition) is 5. The maximum Gasteiger partial charge on any atom is 0.263 e. The molecule has 0 saturated heterocycles. The summed E-state index contributed by atoms with van der Waals surface area (Å²) in [5, 5.41) is 2.33. The van der Waals surface area contributed by atoms with E-state index in [9.17, 15) is 8.42 Å². The van der Waals surface area contributed by atoms with Crippen LogP contribution in [-0.2, 0) is 10.0 Å². The fourth-order valence-corrected chi connectivity index (χ4v) is 4.25. The van der Waals surface area contributed by atoms with Gasteiger partial charge in [0.25, 0.3) is 10.0 Å². The molecule has 1 aromatic heterocycles. The lowest BCUT2D eigenvalue weighted by atomic mass is 10.1. The first kappa shape index (κ1) is 14.3. The van der Waals surface area contributed by atoms with Crippen LogP contribution in [0.15, 0.2) is 22.4 Å². The molecule has 2 aromatic rings. The van der Waals surface area contributed by atoms with Crippen molar-refractivity contribution in [2.24, 2.45) is 0 Å². The molecule has 0 aliphatic heterocycles. The molecule has 0 spiro atoms. The Labute approximate surface area is 128 Å². The van der Waals surface area contributed by atoms with E-state index in [0.29, 0.717) is 16.7 Å². The summed E-state index contributed by atoms with van der Waals surface area (Å²) in [6.07, 6.45) is 2.28. The van der Waals surface area contributed by atoms with Gasteiger partial charge in [-0.25, -0.2) is 13.4 Å². The second-order valence-electron chi connectivity index (χ2n) is 5.41. The average Bonchev–Trinajstić information content (AvgIpc) is 3.16. The second kappa shape index (κ2) is 4.99. The summed E-state index contributed by atoms with van der Waals surface area (Å²) in [7, 11) is -3.65. The van der Waals surface area contributed by atoms with Gasteiger partial charge >= 0.3 is 0 Å². The van der Waals surface area contributed by atoms with E-state index in [0.717, 1.165) is 29.7 Å². The summed E-state index contributed by atoms with van der Waals surface area (Å²) in [6, 6.07) is 3.11. The quantitative estimate of drug-likeness (QED) is 0.847. The van der Waals surface area contributed by atoms with Crippen LogP contribution in [0.25, 0.3) is 0 Å². The van der Waals surface area contributed by atoms with Crippen LogP contribution >= 0.6 is 11.3 Å². The minimum atomic E-state index is -3.65. The molecule has 112 valence electrons. The molecule has 3 rings (SSSR count). The van der Waals surface area contributed by atoms with Crippen LogP contribution in [0.4, 0.5) is 10.8 Å². The first-order valence-electron chi connectivity index (χ1n) is 6.72. The van der Waals surface area contributed by atoms with Crippen LogP contribution in [0.3, 0.4) is 0 Å². The monoisotopic (exact) mass is 323 g/mol. The number of aryl methyl sites for hydroxylation is 1. The van der Waals surface area contributed by atoms with E-state index in [-0.39, 0.29) is 4.90 Å². The predicted molar refractivity (Wildman–Crippen MR) is 85.2 cm³/mol. The van der Waals surface area contributed by atoms with Crippen molar-refractivity contribution in [3.05, 3.63) is 34.3 Å². The van der Waals surface area contributed by atoms with E-state index < -0.39 is 10.0 Å². The average molecular weight is 323 g/mol. The zero-order valence-corrected chi connectivity index (χ0v) is 13.5. The molecule has 1 aliphatic carbocycles. The van der Waals surface area contributed by atoms with E-state index in [2.05, 4.69) is 9.71 Å². The minimum Gasteiger partial charge on any atom is -0.398 e. The molecule has 1 aliphatic rings. The van der Waals surface area contributed by atoms with Crippen LogP contribution in [0, 0.1) is 13.8 Å². The Balaban J connectivity index is 1.88. The third kappa shape index (κ3) is 2.89. The Bertz CT molecular complexity index is 769. The summed E-state index contributed by atoms with van der Waals surface area (Å²) in [6.45, 7) is 3.72. The van der Waals surface area contributed by atoms with Crippen molar-refractivity contribution in [2.75, 3.05) is 10.5 Å². The third-order valence-corrected chi connectivity index (χ3v) is 5.95. The molecule has 5 nitrogen and oxygen atoms in total. The molecule has 7 heteroatoms. The number of anilines is 2. The number of sulfonamides is 1. The summed E-state index contributed by atoms with van der Waals surface area (Å²) >= 11 is 1.32. The van der Waals surface area contributed by atoms with Crippen molar-refractivity contribution in [2.45, 2.75) is 37.5 Å². The molecule has 1 saturated carbocycles. The van der Waals surface area contributed by atoms with Gasteiger partial charge in [0, 0.05) is 17.0 Å². The molecule has 1 aromatic carbocycles. The Kier molecular flexibility index (Phi) is 3.41. The highest BCUT2D eigenvalue weighted by molar-refractivity contribution is 7.93. The zero-order valence-electron chi connectivity index (χ0n) is 11.9. The summed E-state index contributed by atoms with van der Waals surface area (Å²) in [4.78, 5) is 4.51. The van der Waals surface area contributed by atoms with E-state index in [1.165, 1.54) is 17.4 Å². The smallest absolute Gasteiger partial charge is 0.263 e.